The van der Waals surface area contributed by atoms with Gasteiger partial charge in [0.2, 0.25) is 0 Å². The average molecular weight is 386 g/mol. The number of carbonyl (C=O) groups is 2. The fraction of sp³-hybridized carbons (Fsp3) is 0.529. The number of nitrogens with zero attached hydrogens (tertiary/aromatic N) is 1. The first kappa shape index (κ1) is 17.9. The first-order chi connectivity index (χ1) is 10.6. The molecule has 0 aliphatic carbocycles. The van der Waals surface area contributed by atoms with E-state index in [0.717, 1.165) is 0 Å². The van der Waals surface area contributed by atoms with E-state index in [1.807, 2.05) is 0 Å². The van der Waals surface area contributed by atoms with Crippen LogP contribution in [0.15, 0.2) is 22.7 Å². The number of ketones is 1. The molecule has 23 heavy (non-hydrogen) atoms. The van der Waals surface area contributed by atoms with E-state index < -0.39 is 23.6 Å². The maximum absolute atomic E-state index is 14.2. The van der Waals surface area contributed by atoms with Gasteiger partial charge in [-0.1, -0.05) is 19.1 Å². The summed E-state index contributed by atoms with van der Waals surface area (Å²) >= 11 is 3.14. The Morgan fingerprint density at radius 3 is 2.70 bits per heavy atom. The Balaban J connectivity index is 2.24. The molecule has 2 atom stereocenters. The summed E-state index contributed by atoms with van der Waals surface area (Å²) in [6, 6.07) is 4.25. The predicted molar refractivity (Wildman–Crippen MR) is 88.7 cm³/mol. The molecule has 1 saturated heterocycles. The van der Waals surface area contributed by atoms with Crippen molar-refractivity contribution in [2.45, 2.75) is 45.8 Å². The molecule has 0 spiro atoms. The zero-order valence-electron chi connectivity index (χ0n) is 13.7. The summed E-state index contributed by atoms with van der Waals surface area (Å²) in [4.78, 5) is 26.2. The molecule has 0 saturated carbocycles. The Labute approximate surface area is 144 Å². The van der Waals surface area contributed by atoms with E-state index >= 15 is 0 Å². The fourth-order valence-corrected chi connectivity index (χ4v) is 3.05. The van der Waals surface area contributed by atoms with Crippen molar-refractivity contribution in [2.75, 3.05) is 6.54 Å². The molecule has 1 aromatic rings. The van der Waals surface area contributed by atoms with Crippen LogP contribution in [0.3, 0.4) is 0 Å². The van der Waals surface area contributed by atoms with Gasteiger partial charge < -0.3 is 4.74 Å². The van der Waals surface area contributed by atoms with Crippen LogP contribution in [0.5, 0.6) is 0 Å². The number of hydrogen-bond acceptors (Lipinski definition) is 3. The summed E-state index contributed by atoms with van der Waals surface area (Å²) in [5.74, 6) is -0.734. The molecule has 1 fully saturated rings. The molecule has 6 heteroatoms. The van der Waals surface area contributed by atoms with Crippen LogP contribution in [-0.2, 0) is 16.0 Å². The van der Waals surface area contributed by atoms with E-state index in [2.05, 4.69) is 15.9 Å². The van der Waals surface area contributed by atoms with E-state index in [0.29, 0.717) is 16.6 Å². The summed E-state index contributed by atoms with van der Waals surface area (Å²) in [7, 11) is 0. The molecule has 126 valence electrons. The Kier molecular flexibility index (Phi) is 5.14. The lowest BCUT2D eigenvalue weighted by molar-refractivity contribution is -0.122. The highest BCUT2D eigenvalue weighted by Gasteiger charge is 2.42. The third-order valence-corrected chi connectivity index (χ3v) is 4.35. The van der Waals surface area contributed by atoms with Crippen molar-refractivity contribution in [2.24, 2.45) is 5.92 Å². The number of likely N-dealkylation sites (tertiary alicyclic amines) is 1. The number of rotatable bonds is 2. The van der Waals surface area contributed by atoms with Gasteiger partial charge in [-0.05, 0) is 48.3 Å². The molecule has 2 rings (SSSR count). The molecular formula is C17H21BrFNO3. The third kappa shape index (κ3) is 4.10. The minimum absolute atomic E-state index is 0.0600. The van der Waals surface area contributed by atoms with Gasteiger partial charge in [0.15, 0.2) is 5.78 Å². The van der Waals surface area contributed by atoms with Crippen LogP contribution in [0.1, 0.15) is 33.3 Å². The van der Waals surface area contributed by atoms with Crippen molar-refractivity contribution >= 4 is 27.8 Å². The summed E-state index contributed by atoms with van der Waals surface area (Å²) in [5.41, 5.74) is -0.238. The van der Waals surface area contributed by atoms with Crippen LogP contribution in [-0.4, -0.2) is 35.0 Å². The molecule has 0 aromatic heterocycles. The van der Waals surface area contributed by atoms with E-state index in [1.54, 1.807) is 45.9 Å². The van der Waals surface area contributed by atoms with Crippen LogP contribution < -0.4 is 0 Å². The predicted octanol–water partition coefficient (Wildman–Crippen LogP) is 3.96. The fourth-order valence-electron chi connectivity index (χ4n) is 2.64. The molecule has 1 heterocycles. The Bertz CT molecular complexity index is 627. The Morgan fingerprint density at radius 1 is 1.43 bits per heavy atom. The lowest BCUT2D eigenvalue weighted by Crippen LogP contribution is -2.42. The van der Waals surface area contributed by atoms with Crippen molar-refractivity contribution in [3.05, 3.63) is 34.1 Å². The molecule has 1 aromatic carbocycles. The minimum Gasteiger partial charge on any atom is -0.444 e. The van der Waals surface area contributed by atoms with Gasteiger partial charge in [0.05, 0.1) is 10.5 Å². The second-order valence-electron chi connectivity index (χ2n) is 6.87. The van der Waals surface area contributed by atoms with Gasteiger partial charge in [-0.3, -0.25) is 9.69 Å². The normalized spacial score (nSPS) is 21.7. The highest BCUT2D eigenvalue weighted by atomic mass is 79.9. The molecule has 1 aliphatic heterocycles. The van der Waals surface area contributed by atoms with E-state index in [9.17, 15) is 14.0 Å². The van der Waals surface area contributed by atoms with Gasteiger partial charge in [0.1, 0.15) is 11.4 Å². The largest absolute Gasteiger partial charge is 0.444 e. The standard InChI is InChI=1S/C17H21BrFNO3/c1-10-9-20(16(22)23-17(2,3)4)13(15(10)21)8-11-6-5-7-12(18)14(11)19/h5-7,10,13H,8-9H2,1-4H3. The number of hydrogen-bond donors (Lipinski definition) is 0. The lowest BCUT2D eigenvalue weighted by atomic mass is 9.99. The zero-order valence-corrected chi connectivity index (χ0v) is 15.3. The molecule has 0 N–H and O–H groups in total. The number of amides is 1. The third-order valence-electron chi connectivity index (χ3n) is 3.73. The van der Waals surface area contributed by atoms with Gasteiger partial charge in [-0.25, -0.2) is 9.18 Å². The second kappa shape index (κ2) is 6.59. The smallest absolute Gasteiger partial charge is 0.410 e. The molecule has 0 bridgehead atoms. The van der Waals surface area contributed by atoms with Crippen LogP contribution >= 0.6 is 15.9 Å². The quantitative estimate of drug-likeness (QED) is 0.773. The number of benzene rings is 1. The summed E-state index contributed by atoms with van der Waals surface area (Å²) in [5, 5.41) is 0. The maximum atomic E-state index is 14.2. The highest BCUT2D eigenvalue weighted by Crippen LogP contribution is 2.27. The summed E-state index contributed by atoms with van der Waals surface area (Å²) < 4.78 is 19.9. The second-order valence-corrected chi connectivity index (χ2v) is 7.72. The van der Waals surface area contributed by atoms with Gasteiger partial charge in [0, 0.05) is 18.9 Å². The number of halogens is 2. The van der Waals surface area contributed by atoms with Crippen molar-refractivity contribution in [1.82, 2.24) is 4.90 Å². The molecule has 4 nitrogen and oxygen atoms in total. The first-order valence-electron chi connectivity index (χ1n) is 7.56. The summed E-state index contributed by atoms with van der Waals surface area (Å²) in [6.45, 7) is 7.39. The van der Waals surface area contributed by atoms with Gasteiger partial charge in [0.25, 0.3) is 0 Å². The maximum Gasteiger partial charge on any atom is 0.410 e. The Morgan fingerprint density at radius 2 is 2.09 bits per heavy atom. The topological polar surface area (TPSA) is 46.6 Å². The van der Waals surface area contributed by atoms with Crippen molar-refractivity contribution in [3.8, 4) is 0 Å². The zero-order chi connectivity index (χ0) is 17.4. The molecular weight excluding hydrogens is 365 g/mol. The lowest BCUT2D eigenvalue weighted by Gasteiger charge is -2.28. The highest BCUT2D eigenvalue weighted by molar-refractivity contribution is 9.10. The van der Waals surface area contributed by atoms with E-state index in [-0.39, 0.29) is 18.1 Å². The van der Waals surface area contributed by atoms with Crippen molar-refractivity contribution < 1.29 is 18.7 Å². The van der Waals surface area contributed by atoms with Gasteiger partial charge >= 0.3 is 6.09 Å². The summed E-state index contributed by atoms with van der Waals surface area (Å²) in [6.07, 6.45) is -0.385. The van der Waals surface area contributed by atoms with Gasteiger partial charge in [-0.2, -0.15) is 0 Å². The number of ether oxygens (including phenoxy) is 1. The van der Waals surface area contributed by atoms with Crippen molar-refractivity contribution in [3.63, 3.8) is 0 Å². The molecule has 0 radical (unpaired) electrons. The van der Waals surface area contributed by atoms with Crippen LogP contribution in [0.2, 0.25) is 0 Å². The van der Waals surface area contributed by atoms with Crippen LogP contribution in [0.4, 0.5) is 9.18 Å². The SMILES string of the molecule is CC1CN(C(=O)OC(C)(C)C)C(Cc2cccc(Br)c2F)C1=O. The first-order valence-corrected chi connectivity index (χ1v) is 8.35. The average Bonchev–Trinajstić information content (AvgIpc) is 2.70. The van der Waals surface area contributed by atoms with Crippen LogP contribution in [0.25, 0.3) is 0 Å². The minimum atomic E-state index is -0.691. The Hall–Kier alpha value is -1.43. The molecule has 1 amide bonds. The van der Waals surface area contributed by atoms with Crippen LogP contribution in [0, 0.1) is 11.7 Å². The molecule has 2 unspecified atom stereocenters. The number of carbonyl (C=O) groups excluding carboxylic acids is 2. The molecule has 1 aliphatic rings. The van der Waals surface area contributed by atoms with Gasteiger partial charge in [-0.15, -0.1) is 0 Å². The van der Waals surface area contributed by atoms with Crippen molar-refractivity contribution in [1.29, 1.82) is 0 Å². The van der Waals surface area contributed by atoms with E-state index in [4.69, 9.17) is 4.74 Å². The monoisotopic (exact) mass is 385 g/mol. The van der Waals surface area contributed by atoms with E-state index in [1.165, 1.54) is 4.90 Å². The number of Topliss-reactive ketones (excluding diaryl/α,β-unsaturated/α-hetero) is 1.